The minimum atomic E-state index is 0.0674. The van der Waals surface area contributed by atoms with Gasteiger partial charge in [-0.3, -0.25) is 0 Å². The minimum absolute atomic E-state index is 0.0674. The van der Waals surface area contributed by atoms with Gasteiger partial charge in [0.05, 0.1) is 12.5 Å². The van der Waals surface area contributed by atoms with Crippen LogP contribution in [0, 0.1) is 11.3 Å². The molecule has 0 atom stereocenters. The van der Waals surface area contributed by atoms with Crippen LogP contribution >= 0.6 is 15.9 Å². The Balaban J connectivity index is 2.98. The third kappa shape index (κ3) is 1.92. The van der Waals surface area contributed by atoms with Crippen LogP contribution in [0.25, 0.3) is 0 Å². The number of hydrogen-bond donors (Lipinski definition) is 1. The Kier molecular flexibility index (Phi) is 2.44. The van der Waals surface area contributed by atoms with Crippen molar-refractivity contribution in [1.82, 2.24) is 4.98 Å². The highest BCUT2D eigenvalue weighted by molar-refractivity contribution is 9.10. The van der Waals surface area contributed by atoms with E-state index in [0.717, 1.165) is 0 Å². The lowest BCUT2D eigenvalue weighted by Crippen LogP contribution is -1.84. The maximum Gasteiger partial charge on any atom is 0.148 e. The normalized spacial score (nSPS) is 9.09. The first-order valence-corrected chi connectivity index (χ1v) is 3.73. The Morgan fingerprint density at radius 3 is 3.00 bits per heavy atom. The zero-order valence-electron chi connectivity index (χ0n) is 5.58. The monoisotopic (exact) mass is 212 g/mol. The number of nitrogens with zero attached hydrogens (tertiary/aromatic N) is 2. The predicted molar refractivity (Wildman–Crippen MR) is 42.9 cm³/mol. The fraction of sp³-hybridized carbons (Fsp3) is 0.143. The molecule has 0 spiro atoms. The summed E-state index contributed by atoms with van der Waals surface area (Å²) in [7, 11) is 0. The van der Waals surface area contributed by atoms with Gasteiger partial charge in [-0.2, -0.15) is 5.26 Å². The largest absolute Gasteiger partial charge is 0.505 e. The molecular weight excluding hydrogens is 208 g/mol. The average Bonchev–Trinajstić information content (AvgIpc) is 1.98. The Bertz CT molecular complexity index is 306. The zero-order valence-corrected chi connectivity index (χ0v) is 7.17. The standard InChI is InChI=1S/C7H5BrN2O/c8-7-6(11)3-5(1-2-9)4-10-7/h3-4,11H,1H2. The maximum absolute atomic E-state index is 9.11. The lowest BCUT2D eigenvalue weighted by Gasteiger charge is -1.96. The second-order valence-corrected chi connectivity index (χ2v) is 2.74. The van der Waals surface area contributed by atoms with Crippen molar-refractivity contribution in [2.45, 2.75) is 6.42 Å². The summed E-state index contributed by atoms with van der Waals surface area (Å²) in [6, 6.07) is 3.48. The quantitative estimate of drug-likeness (QED) is 0.721. The van der Waals surface area contributed by atoms with Crippen LogP contribution in [-0.4, -0.2) is 10.1 Å². The van der Waals surface area contributed by atoms with Gasteiger partial charge in [0.2, 0.25) is 0 Å². The molecule has 1 heterocycles. The molecule has 0 bridgehead atoms. The summed E-state index contributed by atoms with van der Waals surface area (Å²) >= 11 is 3.04. The fourth-order valence-corrected chi connectivity index (χ4v) is 0.883. The number of rotatable bonds is 1. The number of hydrogen-bond acceptors (Lipinski definition) is 3. The molecule has 0 unspecified atom stereocenters. The van der Waals surface area contributed by atoms with Crippen LogP contribution in [0.5, 0.6) is 5.75 Å². The number of halogens is 1. The van der Waals surface area contributed by atoms with Gasteiger partial charge in [0, 0.05) is 6.20 Å². The maximum atomic E-state index is 9.11. The van der Waals surface area contributed by atoms with Gasteiger partial charge >= 0.3 is 0 Å². The van der Waals surface area contributed by atoms with Crippen LogP contribution in [0.3, 0.4) is 0 Å². The molecule has 4 heteroatoms. The number of nitriles is 1. The van der Waals surface area contributed by atoms with Crippen LogP contribution in [-0.2, 0) is 6.42 Å². The zero-order chi connectivity index (χ0) is 8.27. The first kappa shape index (κ1) is 8.02. The van der Waals surface area contributed by atoms with E-state index in [1.807, 2.05) is 6.07 Å². The van der Waals surface area contributed by atoms with E-state index in [9.17, 15) is 0 Å². The molecule has 0 aliphatic heterocycles. The van der Waals surface area contributed by atoms with Crippen molar-refractivity contribution in [3.8, 4) is 11.8 Å². The third-order valence-electron chi connectivity index (χ3n) is 1.16. The molecule has 0 saturated carbocycles. The summed E-state index contributed by atoms with van der Waals surface area (Å²) in [5.41, 5.74) is 0.716. The molecule has 1 aromatic heterocycles. The van der Waals surface area contributed by atoms with E-state index in [0.29, 0.717) is 10.2 Å². The van der Waals surface area contributed by atoms with Gasteiger partial charge in [-0.1, -0.05) is 0 Å². The molecule has 1 rings (SSSR count). The number of aromatic hydroxyl groups is 1. The molecule has 3 nitrogen and oxygen atoms in total. The molecule has 0 saturated heterocycles. The van der Waals surface area contributed by atoms with Gasteiger partial charge in [0.1, 0.15) is 10.4 Å². The van der Waals surface area contributed by atoms with E-state index in [1.165, 1.54) is 6.07 Å². The van der Waals surface area contributed by atoms with Crippen molar-refractivity contribution < 1.29 is 5.11 Å². The van der Waals surface area contributed by atoms with E-state index in [-0.39, 0.29) is 12.2 Å². The van der Waals surface area contributed by atoms with E-state index >= 15 is 0 Å². The summed E-state index contributed by atoms with van der Waals surface area (Å²) in [4.78, 5) is 3.81. The van der Waals surface area contributed by atoms with Gasteiger partial charge in [0.25, 0.3) is 0 Å². The van der Waals surface area contributed by atoms with Gasteiger partial charge < -0.3 is 5.11 Å². The van der Waals surface area contributed by atoms with Gasteiger partial charge in [-0.25, -0.2) is 4.98 Å². The van der Waals surface area contributed by atoms with Crippen LogP contribution in [0.4, 0.5) is 0 Å². The van der Waals surface area contributed by atoms with E-state index < -0.39 is 0 Å². The van der Waals surface area contributed by atoms with Crippen molar-refractivity contribution in [3.63, 3.8) is 0 Å². The molecule has 0 aliphatic carbocycles. The fourth-order valence-electron chi connectivity index (χ4n) is 0.666. The number of aromatic nitrogens is 1. The van der Waals surface area contributed by atoms with Gasteiger partial charge in [-0.05, 0) is 27.6 Å². The van der Waals surface area contributed by atoms with Crippen molar-refractivity contribution >= 4 is 15.9 Å². The Morgan fingerprint density at radius 1 is 1.73 bits per heavy atom. The number of pyridine rings is 1. The second-order valence-electron chi connectivity index (χ2n) is 1.99. The van der Waals surface area contributed by atoms with Gasteiger partial charge in [0.15, 0.2) is 0 Å². The van der Waals surface area contributed by atoms with Crippen molar-refractivity contribution in [3.05, 3.63) is 22.4 Å². The smallest absolute Gasteiger partial charge is 0.148 e. The predicted octanol–water partition coefficient (Wildman–Crippen LogP) is 1.62. The van der Waals surface area contributed by atoms with Crippen molar-refractivity contribution in [1.29, 1.82) is 5.26 Å². The van der Waals surface area contributed by atoms with Crippen LogP contribution in [0.15, 0.2) is 16.9 Å². The molecule has 0 aromatic carbocycles. The SMILES string of the molecule is N#CCc1cnc(Br)c(O)c1. The lowest BCUT2D eigenvalue weighted by molar-refractivity contribution is 0.468. The van der Waals surface area contributed by atoms with Crippen molar-refractivity contribution in [2.24, 2.45) is 0 Å². The van der Waals surface area contributed by atoms with E-state index in [2.05, 4.69) is 20.9 Å². The summed E-state index contributed by atoms with van der Waals surface area (Å²) in [5.74, 6) is 0.0674. The van der Waals surface area contributed by atoms with Crippen molar-refractivity contribution in [2.75, 3.05) is 0 Å². The van der Waals surface area contributed by atoms with Crippen LogP contribution in [0.1, 0.15) is 5.56 Å². The Labute approximate surface area is 72.4 Å². The average molecular weight is 213 g/mol. The van der Waals surface area contributed by atoms with E-state index in [1.54, 1.807) is 6.20 Å². The molecule has 1 aromatic rings. The first-order valence-electron chi connectivity index (χ1n) is 2.94. The highest BCUT2D eigenvalue weighted by Crippen LogP contribution is 2.21. The molecule has 0 aliphatic rings. The molecule has 0 radical (unpaired) electrons. The highest BCUT2D eigenvalue weighted by atomic mass is 79.9. The molecule has 0 amide bonds. The highest BCUT2D eigenvalue weighted by Gasteiger charge is 1.99. The first-order chi connectivity index (χ1) is 5.24. The summed E-state index contributed by atoms with van der Waals surface area (Å²) in [6.45, 7) is 0. The summed E-state index contributed by atoms with van der Waals surface area (Å²) in [6.07, 6.45) is 1.82. The lowest BCUT2D eigenvalue weighted by atomic mass is 10.2. The third-order valence-corrected chi connectivity index (χ3v) is 1.77. The summed E-state index contributed by atoms with van der Waals surface area (Å²) < 4.78 is 0.402. The Hall–Kier alpha value is -1.08. The summed E-state index contributed by atoms with van der Waals surface area (Å²) in [5, 5.41) is 17.4. The Morgan fingerprint density at radius 2 is 2.45 bits per heavy atom. The minimum Gasteiger partial charge on any atom is -0.505 e. The molecular formula is C7H5BrN2O. The van der Waals surface area contributed by atoms with Crippen LogP contribution < -0.4 is 0 Å². The van der Waals surface area contributed by atoms with Gasteiger partial charge in [-0.15, -0.1) is 0 Å². The molecule has 11 heavy (non-hydrogen) atoms. The molecule has 1 N–H and O–H groups in total. The van der Waals surface area contributed by atoms with Crippen LogP contribution in [0.2, 0.25) is 0 Å². The molecule has 56 valence electrons. The second kappa shape index (κ2) is 3.35. The topological polar surface area (TPSA) is 56.9 Å². The molecule has 0 fully saturated rings. The van der Waals surface area contributed by atoms with E-state index in [4.69, 9.17) is 10.4 Å².